The van der Waals surface area contributed by atoms with Crippen molar-refractivity contribution in [3.05, 3.63) is 95.3 Å². The molecule has 160 valence electrons. The highest BCUT2D eigenvalue weighted by Gasteiger charge is 2.26. The van der Waals surface area contributed by atoms with Crippen LogP contribution in [0.3, 0.4) is 0 Å². The van der Waals surface area contributed by atoms with E-state index in [1.54, 1.807) is 24.5 Å². The second-order valence-corrected chi connectivity index (χ2v) is 8.98. The molecule has 3 rings (SSSR count). The molecule has 1 amide bonds. The molecule has 2 aromatic carbocycles. The van der Waals surface area contributed by atoms with Gasteiger partial charge in [0.2, 0.25) is 10.0 Å². The first-order chi connectivity index (χ1) is 14.9. The minimum Gasteiger partial charge on any atom is -0.272 e. The van der Waals surface area contributed by atoms with Crippen molar-refractivity contribution in [2.45, 2.75) is 11.3 Å². The molecule has 0 saturated carbocycles. The summed E-state index contributed by atoms with van der Waals surface area (Å²) in [7, 11) is -3.91. The normalized spacial score (nSPS) is 11.7. The third-order valence-corrected chi connectivity index (χ3v) is 6.48. The van der Waals surface area contributed by atoms with Crippen LogP contribution >= 0.6 is 11.6 Å². The van der Waals surface area contributed by atoms with Crippen LogP contribution in [0.1, 0.15) is 11.1 Å². The molecule has 0 bridgehead atoms. The molecule has 0 aliphatic heterocycles. The number of carbonyl (C=O) groups is 1. The summed E-state index contributed by atoms with van der Waals surface area (Å²) >= 11 is 5.88. The average molecular weight is 457 g/mol. The number of hydrogen-bond donors (Lipinski definition) is 1. The predicted octanol–water partition coefficient (Wildman–Crippen LogP) is 3.12. The highest BCUT2D eigenvalue weighted by molar-refractivity contribution is 7.89. The van der Waals surface area contributed by atoms with Crippen LogP contribution in [-0.4, -0.2) is 42.9 Å². The Bertz CT molecular complexity index is 1120. The molecule has 0 saturated heterocycles. The maximum Gasteiger partial charge on any atom is 0.255 e. The van der Waals surface area contributed by atoms with Gasteiger partial charge in [-0.15, -0.1) is 0 Å². The Balaban J connectivity index is 1.73. The quantitative estimate of drug-likeness (QED) is 0.395. The lowest BCUT2D eigenvalue weighted by Crippen LogP contribution is -2.40. The lowest BCUT2D eigenvalue weighted by atomic mass is 10.1. The minimum atomic E-state index is -3.91. The van der Waals surface area contributed by atoms with Crippen molar-refractivity contribution in [2.75, 3.05) is 13.1 Å². The fraction of sp³-hybridized carbons (Fsp3) is 0.136. The van der Waals surface area contributed by atoms with Crippen molar-refractivity contribution in [3.8, 4) is 0 Å². The Morgan fingerprint density at radius 2 is 1.71 bits per heavy atom. The Morgan fingerprint density at radius 3 is 2.39 bits per heavy atom. The van der Waals surface area contributed by atoms with Gasteiger partial charge in [-0.25, -0.2) is 13.8 Å². The molecule has 9 heteroatoms. The lowest BCUT2D eigenvalue weighted by Gasteiger charge is -2.21. The van der Waals surface area contributed by atoms with E-state index in [-0.39, 0.29) is 18.0 Å². The number of carbonyl (C=O) groups excluding carboxylic acids is 1. The Labute approximate surface area is 186 Å². The molecule has 0 atom stereocenters. The molecular formula is C22H21ClN4O3S. The molecule has 3 aromatic rings. The van der Waals surface area contributed by atoms with Gasteiger partial charge in [0.1, 0.15) is 0 Å². The summed E-state index contributed by atoms with van der Waals surface area (Å²) in [5.74, 6) is -0.545. The molecule has 1 N–H and O–H groups in total. The second-order valence-electron chi connectivity index (χ2n) is 6.60. The Morgan fingerprint density at radius 1 is 1.03 bits per heavy atom. The van der Waals surface area contributed by atoms with Gasteiger partial charge in [-0.1, -0.05) is 41.9 Å². The molecule has 0 fully saturated rings. The van der Waals surface area contributed by atoms with Crippen molar-refractivity contribution in [1.82, 2.24) is 14.7 Å². The van der Waals surface area contributed by atoms with Crippen molar-refractivity contribution < 1.29 is 13.2 Å². The zero-order chi connectivity index (χ0) is 22.1. The van der Waals surface area contributed by atoms with Crippen LogP contribution in [0.15, 0.2) is 89.1 Å². The molecular weight excluding hydrogens is 436 g/mol. The second kappa shape index (κ2) is 10.8. The van der Waals surface area contributed by atoms with Gasteiger partial charge in [0.25, 0.3) is 5.91 Å². The summed E-state index contributed by atoms with van der Waals surface area (Å²) in [6.07, 6.45) is 5.13. The van der Waals surface area contributed by atoms with E-state index >= 15 is 0 Å². The third-order valence-electron chi connectivity index (χ3n) is 4.37. The zero-order valence-electron chi connectivity index (χ0n) is 16.6. The smallest absolute Gasteiger partial charge is 0.255 e. The van der Waals surface area contributed by atoms with Crippen molar-refractivity contribution in [2.24, 2.45) is 5.10 Å². The average Bonchev–Trinajstić information content (AvgIpc) is 2.78. The maximum absolute atomic E-state index is 13.2. The van der Waals surface area contributed by atoms with Gasteiger partial charge in [-0.05, 0) is 53.9 Å². The molecule has 7 nitrogen and oxygen atoms in total. The van der Waals surface area contributed by atoms with Gasteiger partial charge >= 0.3 is 0 Å². The number of hydrogen-bond acceptors (Lipinski definition) is 5. The lowest BCUT2D eigenvalue weighted by molar-refractivity contribution is -0.121. The van der Waals surface area contributed by atoms with Gasteiger partial charge in [-0.3, -0.25) is 9.78 Å². The summed E-state index contributed by atoms with van der Waals surface area (Å²) in [5.41, 5.74) is 4.10. The topological polar surface area (TPSA) is 91.7 Å². The number of halogens is 1. The van der Waals surface area contributed by atoms with E-state index in [1.165, 1.54) is 30.5 Å². The molecule has 1 aromatic heterocycles. The van der Waals surface area contributed by atoms with E-state index in [0.717, 1.165) is 15.4 Å². The van der Waals surface area contributed by atoms with Gasteiger partial charge < -0.3 is 0 Å². The zero-order valence-corrected chi connectivity index (χ0v) is 18.1. The SMILES string of the molecule is O=C(CN(CCc1ccccc1)S(=O)(=O)c1ccc(Cl)cc1)N/N=C\c1ccncc1. The highest BCUT2D eigenvalue weighted by Crippen LogP contribution is 2.19. The largest absolute Gasteiger partial charge is 0.272 e. The number of pyridine rings is 1. The van der Waals surface area contributed by atoms with E-state index < -0.39 is 15.9 Å². The van der Waals surface area contributed by atoms with E-state index in [4.69, 9.17) is 11.6 Å². The van der Waals surface area contributed by atoms with Crippen LogP contribution < -0.4 is 5.43 Å². The van der Waals surface area contributed by atoms with Crippen LogP contribution in [-0.2, 0) is 21.2 Å². The van der Waals surface area contributed by atoms with Gasteiger partial charge in [0, 0.05) is 24.0 Å². The summed E-state index contributed by atoms with van der Waals surface area (Å²) in [5, 5.41) is 4.32. The fourth-order valence-corrected chi connectivity index (χ4v) is 4.29. The number of rotatable bonds is 9. The summed E-state index contributed by atoms with van der Waals surface area (Å²) in [4.78, 5) is 16.4. The molecule has 0 aliphatic rings. The number of nitrogens with one attached hydrogen (secondary N) is 1. The predicted molar refractivity (Wildman–Crippen MR) is 120 cm³/mol. The van der Waals surface area contributed by atoms with Crippen molar-refractivity contribution >= 4 is 33.7 Å². The maximum atomic E-state index is 13.2. The summed E-state index contributed by atoms with van der Waals surface area (Å²) < 4.78 is 27.4. The number of aromatic nitrogens is 1. The molecule has 0 spiro atoms. The van der Waals surface area contributed by atoms with E-state index in [9.17, 15) is 13.2 Å². The number of benzene rings is 2. The minimum absolute atomic E-state index is 0.0676. The first-order valence-corrected chi connectivity index (χ1v) is 11.3. The number of sulfonamides is 1. The Hall–Kier alpha value is -3.07. The summed E-state index contributed by atoms with van der Waals surface area (Å²) in [6, 6.07) is 18.8. The van der Waals surface area contributed by atoms with Crippen LogP contribution in [0.4, 0.5) is 0 Å². The number of nitrogens with zero attached hydrogens (tertiary/aromatic N) is 3. The molecule has 31 heavy (non-hydrogen) atoms. The van der Waals surface area contributed by atoms with Crippen molar-refractivity contribution in [3.63, 3.8) is 0 Å². The molecule has 1 heterocycles. The fourth-order valence-electron chi connectivity index (χ4n) is 2.76. The van der Waals surface area contributed by atoms with Gasteiger partial charge in [-0.2, -0.15) is 9.41 Å². The van der Waals surface area contributed by atoms with E-state index in [2.05, 4.69) is 15.5 Å². The van der Waals surface area contributed by atoms with Gasteiger partial charge in [0.15, 0.2) is 0 Å². The first kappa shape index (κ1) is 22.6. The molecule has 0 radical (unpaired) electrons. The standard InChI is InChI=1S/C22H21ClN4O3S/c23-20-6-8-21(9-7-20)31(29,30)27(15-12-18-4-2-1-3-5-18)17-22(28)26-25-16-19-10-13-24-14-11-19/h1-11,13-14,16H,12,15,17H2,(H,26,28)/b25-16-. The monoisotopic (exact) mass is 456 g/mol. The van der Waals surface area contributed by atoms with E-state index in [0.29, 0.717) is 11.4 Å². The molecule has 0 aliphatic carbocycles. The Kier molecular flexibility index (Phi) is 7.88. The third kappa shape index (κ3) is 6.71. The number of hydrazone groups is 1. The van der Waals surface area contributed by atoms with Crippen LogP contribution in [0, 0.1) is 0 Å². The highest BCUT2D eigenvalue weighted by atomic mass is 35.5. The first-order valence-electron chi connectivity index (χ1n) is 9.47. The molecule has 0 unspecified atom stereocenters. The van der Waals surface area contributed by atoms with Crippen molar-refractivity contribution in [1.29, 1.82) is 0 Å². The van der Waals surface area contributed by atoms with Gasteiger partial charge in [0.05, 0.1) is 17.7 Å². The van der Waals surface area contributed by atoms with Crippen LogP contribution in [0.5, 0.6) is 0 Å². The van der Waals surface area contributed by atoms with E-state index in [1.807, 2.05) is 30.3 Å². The van der Waals surface area contributed by atoms with Crippen LogP contribution in [0.25, 0.3) is 0 Å². The number of amides is 1. The van der Waals surface area contributed by atoms with Crippen LogP contribution in [0.2, 0.25) is 5.02 Å². The summed E-state index contributed by atoms with van der Waals surface area (Å²) in [6.45, 7) is -0.234.